The van der Waals surface area contributed by atoms with Crippen LogP contribution in [0.3, 0.4) is 0 Å². The van der Waals surface area contributed by atoms with Crippen molar-refractivity contribution < 1.29 is 22.8 Å². The molecular weight excluding hydrogens is 309 g/mol. The van der Waals surface area contributed by atoms with Gasteiger partial charge >= 0.3 is 6.18 Å². The summed E-state index contributed by atoms with van der Waals surface area (Å²) in [6.07, 6.45) is -4.52. The van der Waals surface area contributed by atoms with Gasteiger partial charge in [-0.1, -0.05) is 11.6 Å². The van der Waals surface area contributed by atoms with Crippen molar-refractivity contribution >= 4 is 29.1 Å². The molecule has 1 heterocycles. The summed E-state index contributed by atoms with van der Waals surface area (Å²) in [6.45, 7) is 2.98. The number of hydrazine groups is 1. The van der Waals surface area contributed by atoms with Crippen LogP contribution in [0.2, 0.25) is 5.02 Å². The van der Waals surface area contributed by atoms with E-state index in [9.17, 15) is 22.8 Å². The maximum absolute atomic E-state index is 12.5. The van der Waals surface area contributed by atoms with E-state index in [-0.39, 0.29) is 21.9 Å². The molecule has 1 N–H and O–H groups in total. The van der Waals surface area contributed by atoms with Crippen molar-refractivity contribution in [3.05, 3.63) is 39.9 Å². The van der Waals surface area contributed by atoms with Crippen LogP contribution in [-0.2, 0) is 15.8 Å². The summed E-state index contributed by atoms with van der Waals surface area (Å²) in [5.41, 5.74) is 2.11. The van der Waals surface area contributed by atoms with Crippen LogP contribution >= 0.6 is 11.6 Å². The molecule has 1 aromatic rings. The fourth-order valence-electron chi connectivity index (χ4n) is 1.75. The van der Waals surface area contributed by atoms with E-state index >= 15 is 0 Å². The molecule has 0 aliphatic carbocycles. The van der Waals surface area contributed by atoms with Crippen LogP contribution in [-0.4, -0.2) is 16.8 Å². The predicted molar refractivity (Wildman–Crippen MR) is 70.3 cm³/mol. The van der Waals surface area contributed by atoms with Gasteiger partial charge < -0.3 is 0 Å². The van der Waals surface area contributed by atoms with Crippen molar-refractivity contribution in [1.29, 1.82) is 0 Å². The van der Waals surface area contributed by atoms with Crippen molar-refractivity contribution in [2.45, 2.75) is 20.0 Å². The number of halogens is 4. The number of alkyl halides is 3. The summed E-state index contributed by atoms with van der Waals surface area (Å²) in [5.74, 6) is -1.12. The molecular formula is C13H10ClF3N2O2. The first-order chi connectivity index (χ1) is 9.62. The maximum Gasteiger partial charge on any atom is 0.416 e. The molecule has 1 aliphatic rings. The Balaban J connectivity index is 2.27. The molecule has 0 spiro atoms. The average Bonchev–Trinajstić information content (AvgIpc) is 2.57. The second-order valence-electron chi connectivity index (χ2n) is 4.50. The highest BCUT2D eigenvalue weighted by Crippen LogP contribution is 2.34. The van der Waals surface area contributed by atoms with E-state index in [1.165, 1.54) is 13.8 Å². The lowest BCUT2D eigenvalue weighted by atomic mass is 10.2. The fourth-order valence-corrected chi connectivity index (χ4v) is 1.98. The van der Waals surface area contributed by atoms with Gasteiger partial charge in [0.1, 0.15) is 0 Å². The van der Waals surface area contributed by atoms with E-state index < -0.39 is 23.6 Å². The minimum atomic E-state index is -4.52. The minimum Gasteiger partial charge on any atom is -0.287 e. The van der Waals surface area contributed by atoms with Gasteiger partial charge in [-0.2, -0.15) is 18.2 Å². The van der Waals surface area contributed by atoms with E-state index in [0.717, 1.165) is 23.2 Å². The molecule has 0 saturated carbocycles. The maximum atomic E-state index is 12.5. The molecule has 1 aromatic carbocycles. The Morgan fingerprint density at radius 1 is 1.10 bits per heavy atom. The Kier molecular flexibility index (Phi) is 3.71. The number of hydrogen-bond acceptors (Lipinski definition) is 3. The molecule has 0 atom stereocenters. The zero-order valence-electron chi connectivity index (χ0n) is 11.0. The van der Waals surface area contributed by atoms with Crippen LogP contribution in [0.15, 0.2) is 29.3 Å². The van der Waals surface area contributed by atoms with Gasteiger partial charge in [-0.25, -0.2) is 0 Å². The zero-order chi connectivity index (χ0) is 15.9. The number of carbonyl (C=O) groups is 2. The van der Waals surface area contributed by atoms with Crippen molar-refractivity contribution in [3.8, 4) is 0 Å². The number of amides is 2. The number of benzene rings is 1. The molecule has 0 aromatic heterocycles. The zero-order valence-corrected chi connectivity index (χ0v) is 11.8. The number of imide groups is 1. The average molecular weight is 319 g/mol. The normalized spacial score (nSPS) is 16.0. The van der Waals surface area contributed by atoms with Gasteiger partial charge in [-0.3, -0.25) is 15.0 Å². The highest BCUT2D eigenvalue weighted by molar-refractivity contribution is 6.33. The van der Waals surface area contributed by atoms with Gasteiger partial charge in [0.05, 0.1) is 16.3 Å². The Labute approximate surface area is 123 Å². The molecule has 4 nitrogen and oxygen atoms in total. The van der Waals surface area contributed by atoms with Gasteiger partial charge in [-0.05, 0) is 32.0 Å². The van der Waals surface area contributed by atoms with Gasteiger partial charge in [-0.15, -0.1) is 0 Å². The molecule has 112 valence electrons. The largest absolute Gasteiger partial charge is 0.416 e. The summed E-state index contributed by atoms with van der Waals surface area (Å²) in [7, 11) is 0. The molecule has 0 fully saturated rings. The molecule has 0 bridgehead atoms. The van der Waals surface area contributed by atoms with E-state index in [1.807, 2.05) is 0 Å². The third-order valence-electron chi connectivity index (χ3n) is 3.14. The number of nitrogens with one attached hydrogen (secondary N) is 1. The third kappa shape index (κ3) is 2.73. The van der Waals surface area contributed by atoms with Crippen LogP contribution in [0.4, 0.5) is 18.9 Å². The van der Waals surface area contributed by atoms with Crippen LogP contribution < -0.4 is 5.43 Å². The molecule has 0 unspecified atom stereocenters. The van der Waals surface area contributed by atoms with Crippen LogP contribution in [0.1, 0.15) is 19.4 Å². The number of carbonyl (C=O) groups excluding carboxylic acids is 2. The summed E-state index contributed by atoms with van der Waals surface area (Å²) < 4.78 is 37.6. The fraction of sp³-hybridized carbons (Fsp3) is 0.231. The Morgan fingerprint density at radius 2 is 1.62 bits per heavy atom. The molecule has 2 amide bonds. The lowest BCUT2D eigenvalue weighted by Gasteiger charge is -2.19. The molecule has 0 radical (unpaired) electrons. The van der Waals surface area contributed by atoms with E-state index in [2.05, 4.69) is 5.43 Å². The van der Waals surface area contributed by atoms with Gasteiger partial charge in [0.25, 0.3) is 11.8 Å². The lowest BCUT2D eigenvalue weighted by Crippen LogP contribution is -2.37. The molecule has 2 rings (SSSR count). The van der Waals surface area contributed by atoms with E-state index in [0.29, 0.717) is 0 Å². The van der Waals surface area contributed by atoms with E-state index in [4.69, 9.17) is 11.6 Å². The SMILES string of the molecule is CC1=C(C)C(=O)N(Nc2ccc(C(F)(F)F)cc2Cl)C1=O. The number of hydrogen-bond donors (Lipinski definition) is 1. The van der Waals surface area contributed by atoms with E-state index in [1.54, 1.807) is 0 Å². The van der Waals surface area contributed by atoms with Crippen molar-refractivity contribution in [2.75, 3.05) is 5.43 Å². The Bertz CT molecular complexity index is 644. The Hall–Kier alpha value is -2.02. The highest BCUT2D eigenvalue weighted by Gasteiger charge is 2.35. The third-order valence-corrected chi connectivity index (χ3v) is 3.45. The first-order valence-corrected chi connectivity index (χ1v) is 6.20. The van der Waals surface area contributed by atoms with Crippen molar-refractivity contribution in [1.82, 2.24) is 5.01 Å². The van der Waals surface area contributed by atoms with Crippen molar-refractivity contribution in [2.24, 2.45) is 0 Å². The summed E-state index contributed by atoms with van der Waals surface area (Å²) >= 11 is 5.76. The summed E-state index contributed by atoms with van der Waals surface area (Å²) in [5, 5.41) is 0.478. The number of nitrogens with zero attached hydrogens (tertiary/aromatic N) is 1. The van der Waals surface area contributed by atoms with Crippen LogP contribution in [0, 0.1) is 0 Å². The lowest BCUT2D eigenvalue weighted by molar-refractivity contribution is -0.138. The van der Waals surface area contributed by atoms with Crippen LogP contribution in [0.25, 0.3) is 0 Å². The monoisotopic (exact) mass is 318 g/mol. The smallest absolute Gasteiger partial charge is 0.287 e. The Morgan fingerprint density at radius 3 is 2.05 bits per heavy atom. The van der Waals surface area contributed by atoms with Crippen LogP contribution in [0.5, 0.6) is 0 Å². The molecule has 21 heavy (non-hydrogen) atoms. The van der Waals surface area contributed by atoms with Gasteiger partial charge in [0.15, 0.2) is 0 Å². The minimum absolute atomic E-state index is 0.0360. The quantitative estimate of drug-likeness (QED) is 0.850. The van der Waals surface area contributed by atoms with Gasteiger partial charge in [0, 0.05) is 11.1 Å². The highest BCUT2D eigenvalue weighted by atomic mass is 35.5. The first kappa shape index (κ1) is 15.4. The van der Waals surface area contributed by atoms with Gasteiger partial charge in [0.2, 0.25) is 0 Å². The summed E-state index contributed by atoms with van der Waals surface area (Å²) in [4.78, 5) is 23.7. The molecule has 8 heteroatoms. The van der Waals surface area contributed by atoms with Crippen molar-refractivity contribution in [3.63, 3.8) is 0 Å². The summed E-state index contributed by atoms with van der Waals surface area (Å²) in [6, 6.07) is 2.60. The second kappa shape index (κ2) is 5.07. The first-order valence-electron chi connectivity index (χ1n) is 5.82. The number of anilines is 1. The second-order valence-corrected chi connectivity index (χ2v) is 4.91. The topological polar surface area (TPSA) is 49.4 Å². The number of rotatable bonds is 2. The predicted octanol–water partition coefficient (Wildman–Crippen LogP) is 3.39. The molecule has 1 aliphatic heterocycles. The standard InChI is InChI=1S/C13H10ClF3N2O2/c1-6-7(2)12(21)19(11(6)20)18-10-4-3-8(5-9(10)14)13(15,16)17/h3-5,18H,1-2H3. The molecule has 0 saturated heterocycles.